The van der Waals surface area contributed by atoms with Crippen LogP contribution in [0.1, 0.15) is 35.5 Å². The predicted octanol–water partition coefficient (Wildman–Crippen LogP) is 3.94. The van der Waals surface area contributed by atoms with E-state index in [1.165, 1.54) is 0 Å². The molecular weight excluding hydrogens is 278 g/mol. The summed E-state index contributed by atoms with van der Waals surface area (Å²) in [5.74, 6) is 0.511. The fourth-order valence-electron chi connectivity index (χ4n) is 2.38. The molecule has 0 saturated carbocycles. The van der Waals surface area contributed by atoms with Crippen molar-refractivity contribution >= 4 is 5.97 Å². The van der Waals surface area contributed by atoms with Crippen molar-refractivity contribution in [2.24, 2.45) is 0 Å². The van der Waals surface area contributed by atoms with Crippen LogP contribution in [0.3, 0.4) is 0 Å². The molecule has 22 heavy (non-hydrogen) atoms. The van der Waals surface area contributed by atoms with E-state index in [0.717, 1.165) is 28.1 Å². The Morgan fingerprint density at radius 3 is 2.36 bits per heavy atom. The third kappa shape index (κ3) is 3.45. The molecule has 1 heterocycles. The molecule has 0 fully saturated rings. The number of aryl methyl sites for hydroxylation is 2. The van der Waals surface area contributed by atoms with Crippen LogP contribution in [0, 0.1) is 13.8 Å². The van der Waals surface area contributed by atoms with Crippen LogP contribution >= 0.6 is 0 Å². The van der Waals surface area contributed by atoms with Crippen molar-refractivity contribution in [2.45, 2.75) is 27.7 Å². The SMILES string of the molecule is CCOC(=O)c1cccc(-c2cc(C)c(OCC)c(C)c2)n1. The highest BCUT2D eigenvalue weighted by atomic mass is 16.5. The van der Waals surface area contributed by atoms with Gasteiger partial charge in [-0.3, -0.25) is 0 Å². The second kappa shape index (κ2) is 7.07. The number of nitrogens with zero attached hydrogens (tertiary/aromatic N) is 1. The van der Waals surface area contributed by atoms with Gasteiger partial charge < -0.3 is 9.47 Å². The number of rotatable bonds is 5. The number of hydrogen-bond donors (Lipinski definition) is 0. The van der Waals surface area contributed by atoms with E-state index in [1.807, 2.05) is 45.0 Å². The molecule has 2 aromatic rings. The van der Waals surface area contributed by atoms with Gasteiger partial charge in [0.05, 0.1) is 18.9 Å². The van der Waals surface area contributed by atoms with Gasteiger partial charge in [-0.15, -0.1) is 0 Å². The maximum atomic E-state index is 11.8. The Morgan fingerprint density at radius 2 is 1.77 bits per heavy atom. The second-order valence-corrected chi connectivity index (χ2v) is 5.00. The molecule has 0 bridgehead atoms. The molecule has 0 N–H and O–H groups in total. The molecule has 116 valence electrons. The van der Waals surface area contributed by atoms with E-state index < -0.39 is 5.97 Å². The molecule has 0 amide bonds. The van der Waals surface area contributed by atoms with Crippen LogP contribution in [0.15, 0.2) is 30.3 Å². The van der Waals surface area contributed by atoms with Gasteiger partial charge in [-0.1, -0.05) is 6.07 Å². The number of carbonyl (C=O) groups is 1. The number of benzene rings is 1. The van der Waals surface area contributed by atoms with Crippen LogP contribution in [-0.4, -0.2) is 24.2 Å². The van der Waals surface area contributed by atoms with Gasteiger partial charge >= 0.3 is 5.97 Å². The maximum absolute atomic E-state index is 11.8. The lowest BCUT2D eigenvalue weighted by atomic mass is 10.0. The lowest BCUT2D eigenvalue weighted by Gasteiger charge is -2.13. The van der Waals surface area contributed by atoms with E-state index in [9.17, 15) is 4.79 Å². The number of hydrogen-bond acceptors (Lipinski definition) is 4. The van der Waals surface area contributed by atoms with Gasteiger partial charge in [-0.25, -0.2) is 9.78 Å². The number of carbonyl (C=O) groups excluding carboxylic acids is 1. The fourth-order valence-corrected chi connectivity index (χ4v) is 2.38. The predicted molar refractivity (Wildman–Crippen MR) is 86.3 cm³/mol. The topological polar surface area (TPSA) is 48.4 Å². The van der Waals surface area contributed by atoms with Crippen LogP contribution in [0.5, 0.6) is 5.75 Å². The first kappa shape index (κ1) is 16.0. The summed E-state index contributed by atoms with van der Waals surface area (Å²) in [5, 5.41) is 0. The average Bonchev–Trinajstić information content (AvgIpc) is 2.51. The number of pyridine rings is 1. The van der Waals surface area contributed by atoms with Crippen LogP contribution < -0.4 is 4.74 Å². The fraction of sp³-hybridized carbons (Fsp3) is 0.333. The Morgan fingerprint density at radius 1 is 1.09 bits per heavy atom. The molecule has 0 aliphatic rings. The zero-order valence-corrected chi connectivity index (χ0v) is 13.5. The van der Waals surface area contributed by atoms with Crippen LogP contribution in [-0.2, 0) is 4.74 Å². The quantitative estimate of drug-likeness (QED) is 0.785. The molecule has 0 spiro atoms. The highest BCUT2D eigenvalue weighted by molar-refractivity contribution is 5.88. The van der Waals surface area contributed by atoms with E-state index >= 15 is 0 Å². The average molecular weight is 299 g/mol. The van der Waals surface area contributed by atoms with Gasteiger partial charge in [-0.2, -0.15) is 0 Å². The van der Waals surface area contributed by atoms with Crippen LogP contribution in [0.25, 0.3) is 11.3 Å². The largest absolute Gasteiger partial charge is 0.493 e. The molecule has 0 radical (unpaired) electrons. The van der Waals surface area contributed by atoms with E-state index in [4.69, 9.17) is 9.47 Å². The first-order valence-electron chi connectivity index (χ1n) is 7.45. The summed E-state index contributed by atoms with van der Waals surface area (Å²) in [6, 6.07) is 9.41. The van der Waals surface area contributed by atoms with Crippen molar-refractivity contribution < 1.29 is 14.3 Å². The lowest BCUT2D eigenvalue weighted by molar-refractivity contribution is 0.0519. The Bertz CT molecular complexity index is 657. The molecule has 0 aliphatic heterocycles. The van der Waals surface area contributed by atoms with E-state index in [-0.39, 0.29) is 0 Å². The van der Waals surface area contributed by atoms with Gasteiger partial charge in [0.25, 0.3) is 0 Å². The highest BCUT2D eigenvalue weighted by Crippen LogP contribution is 2.29. The zero-order valence-electron chi connectivity index (χ0n) is 13.5. The Kier molecular flexibility index (Phi) is 5.15. The first-order valence-corrected chi connectivity index (χ1v) is 7.45. The zero-order chi connectivity index (χ0) is 16.1. The lowest BCUT2D eigenvalue weighted by Crippen LogP contribution is -2.07. The molecule has 2 rings (SSSR count). The van der Waals surface area contributed by atoms with E-state index in [1.54, 1.807) is 13.0 Å². The van der Waals surface area contributed by atoms with Gasteiger partial charge in [0, 0.05) is 5.56 Å². The normalized spacial score (nSPS) is 10.4. The summed E-state index contributed by atoms with van der Waals surface area (Å²) in [6.45, 7) is 8.75. The molecule has 0 aliphatic carbocycles. The molecule has 0 saturated heterocycles. The molecule has 0 unspecified atom stereocenters. The Hall–Kier alpha value is -2.36. The van der Waals surface area contributed by atoms with Crippen LogP contribution in [0.4, 0.5) is 0 Å². The Labute approximate surface area is 131 Å². The van der Waals surface area contributed by atoms with Crippen molar-refractivity contribution in [3.05, 3.63) is 47.2 Å². The summed E-state index contributed by atoms with van der Waals surface area (Å²) >= 11 is 0. The summed E-state index contributed by atoms with van der Waals surface area (Å²) in [7, 11) is 0. The van der Waals surface area contributed by atoms with Crippen LogP contribution in [0.2, 0.25) is 0 Å². The molecule has 4 heteroatoms. The summed E-state index contributed by atoms with van der Waals surface area (Å²) in [5.41, 5.74) is 4.15. The van der Waals surface area contributed by atoms with Gasteiger partial charge in [0.15, 0.2) is 0 Å². The van der Waals surface area contributed by atoms with Crippen molar-refractivity contribution in [1.29, 1.82) is 0 Å². The summed E-state index contributed by atoms with van der Waals surface area (Å²) < 4.78 is 10.7. The van der Waals surface area contributed by atoms with Gasteiger partial charge in [0.2, 0.25) is 0 Å². The second-order valence-electron chi connectivity index (χ2n) is 5.00. The minimum atomic E-state index is -0.399. The number of esters is 1. The summed E-state index contributed by atoms with van der Waals surface area (Å²) in [6.07, 6.45) is 0. The van der Waals surface area contributed by atoms with Gasteiger partial charge in [-0.05, 0) is 63.1 Å². The molecule has 1 aromatic carbocycles. The first-order chi connectivity index (χ1) is 10.6. The number of ether oxygens (including phenoxy) is 2. The van der Waals surface area contributed by atoms with E-state index in [2.05, 4.69) is 4.98 Å². The molecule has 4 nitrogen and oxygen atoms in total. The monoisotopic (exact) mass is 299 g/mol. The standard InChI is InChI=1S/C18H21NO3/c1-5-21-17-12(3)10-14(11-13(17)4)15-8-7-9-16(19-15)18(20)22-6-2/h7-11H,5-6H2,1-4H3. The third-order valence-corrected chi connectivity index (χ3v) is 3.28. The van der Waals surface area contributed by atoms with Crippen molar-refractivity contribution in [1.82, 2.24) is 4.98 Å². The third-order valence-electron chi connectivity index (χ3n) is 3.28. The minimum Gasteiger partial charge on any atom is -0.493 e. The highest BCUT2D eigenvalue weighted by Gasteiger charge is 2.12. The summed E-state index contributed by atoms with van der Waals surface area (Å²) in [4.78, 5) is 16.2. The maximum Gasteiger partial charge on any atom is 0.356 e. The Balaban J connectivity index is 2.40. The minimum absolute atomic E-state index is 0.323. The molecular formula is C18H21NO3. The number of aromatic nitrogens is 1. The van der Waals surface area contributed by atoms with Crippen molar-refractivity contribution in [2.75, 3.05) is 13.2 Å². The van der Waals surface area contributed by atoms with Crippen molar-refractivity contribution in [3.63, 3.8) is 0 Å². The smallest absolute Gasteiger partial charge is 0.356 e. The van der Waals surface area contributed by atoms with E-state index in [0.29, 0.717) is 18.9 Å². The molecule has 1 aromatic heterocycles. The molecule has 0 atom stereocenters. The van der Waals surface area contributed by atoms with Gasteiger partial charge in [0.1, 0.15) is 11.4 Å². The van der Waals surface area contributed by atoms with Crippen molar-refractivity contribution in [3.8, 4) is 17.0 Å².